The number of thioether (sulfide) groups is 1. The van der Waals surface area contributed by atoms with E-state index in [0.29, 0.717) is 11.7 Å². The molecule has 0 aromatic heterocycles. The maximum atomic E-state index is 11.9. The molecule has 0 aliphatic carbocycles. The van der Waals surface area contributed by atoms with Crippen molar-refractivity contribution in [3.63, 3.8) is 0 Å². The smallest absolute Gasteiger partial charge is 0.243 e. The lowest BCUT2D eigenvalue weighted by Crippen LogP contribution is -2.59. The zero-order valence-corrected chi connectivity index (χ0v) is 11.1. The van der Waals surface area contributed by atoms with Crippen LogP contribution in [0.25, 0.3) is 0 Å². The van der Waals surface area contributed by atoms with E-state index in [0.717, 1.165) is 6.54 Å². The first-order valence-corrected chi connectivity index (χ1v) is 7.46. The third-order valence-corrected chi connectivity index (χ3v) is 4.85. The summed E-state index contributed by atoms with van der Waals surface area (Å²) < 4.78 is 0. The summed E-state index contributed by atoms with van der Waals surface area (Å²) in [6, 6.07) is -0.251. The Morgan fingerprint density at radius 2 is 2.24 bits per heavy atom. The minimum atomic E-state index is -0.251. The van der Waals surface area contributed by atoms with Crippen LogP contribution in [0.15, 0.2) is 0 Å². The second-order valence-electron chi connectivity index (χ2n) is 4.68. The number of carbonyl (C=O) groups excluding carboxylic acids is 2. The second-order valence-corrected chi connectivity index (χ2v) is 6.08. The van der Waals surface area contributed by atoms with Crippen molar-refractivity contribution in [2.24, 2.45) is 0 Å². The predicted octanol–water partition coefficient (Wildman–Crippen LogP) is 1.01. The molecule has 2 heterocycles. The molecular formula is C12H20N2O2S. The molecule has 0 saturated carbocycles. The lowest BCUT2D eigenvalue weighted by molar-refractivity contribution is -0.145. The van der Waals surface area contributed by atoms with Crippen LogP contribution in [0, 0.1) is 0 Å². The van der Waals surface area contributed by atoms with Gasteiger partial charge in [-0.1, -0.05) is 13.3 Å². The van der Waals surface area contributed by atoms with Crippen molar-refractivity contribution in [2.45, 2.75) is 43.9 Å². The molecule has 2 unspecified atom stereocenters. The number of carbonyl (C=O) groups is 2. The molecule has 2 amide bonds. The van der Waals surface area contributed by atoms with Crippen LogP contribution < -0.4 is 5.32 Å². The molecule has 0 aromatic rings. The van der Waals surface area contributed by atoms with Crippen molar-refractivity contribution in [1.82, 2.24) is 10.2 Å². The van der Waals surface area contributed by atoms with Crippen LogP contribution in [0.4, 0.5) is 0 Å². The Morgan fingerprint density at radius 1 is 1.41 bits per heavy atom. The highest BCUT2D eigenvalue weighted by Gasteiger charge is 2.34. The Labute approximate surface area is 106 Å². The summed E-state index contributed by atoms with van der Waals surface area (Å²) in [5.41, 5.74) is 0. The fraction of sp³-hybridized carbons (Fsp3) is 0.833. The molecule has 2 fully saturated rings. The van der Waals surface area contributed by atoms with Gasteiger partial charge in [-0.25, -0.2) is 0 Å². The summed E-state index contributed by atoms with van der Waals surface area (Å²) in [5, 5.41) is 3.18. The number of nitrogens with zero attached hydrogens (tertiary/aromatic N) is 1. The molecule has 5 heteroatoms. The van der Waals surface area contributed by atoms with Crippen LogP contribution in [-0.2, 0) is 9.59 Å². The maximum absolute atomic E-state index is 11.9. The molecule has 4 nitrogen and oxygen atoms in total. The fourth-order valence-electron chi connectivity index (χ4n) is 2.50. The number of nitrogens with one attached hydrogen (secondary N) is 1. The van der Waals surface area contributed by atoms with Gasteiger partial charge in [0.15, 0.2) is 0 Å². The van der Waals surface area contributed by atoms with Crippen molar-refractivity contribution >= 4 is 23.6 Å². The Morgan fingerprint density at radius 3 is 2.88 bits per heavy atom. The molecule has 17 heavy (non-hydrogen) atoms. The molecule has 2 atom stereocenters. The average Bonchev–Trinajstić information content (AvgIpc) is 2.35. The lowest BCUT2D eigenvalue weighted by atomic mass is 10.1. The average molecular weight is 256 g/mol. The van der Waals surface area contributed by atoms with Crippen LogP contribution in [0.2, 0.25) is 0 Å². The van der Waals surface area contributed by atoms with Crippen LogP contribution >= 0.6 is 11.8 Å². The first-order valence-electron chi connectivity index (χ1n) is 6.41. The summed E-state index contributed by atoms with van der Waals surface area (Å²) in [5.74, 6) is 1.27. The standard InChI is InChI=1S/C12H20N2O2S/c1-2-10-12(16)13-7-11(15)14(10)8-9-5-3-4-6-17-9/h9-10H,2-8H2,1H3,(H,13,16). The molecular weight excluding hydrogens is 236 g/mol. The van der Waals surface area contributed by atoms with Gasteiger partial charge < -0.3 is 10.2 Å². The van der Waals surface area contributed by atoms with Gasteiger partial charge in [-0.3, -0.25) is 9.59 Å². The highest BCUT2D eigenvalue weighted by molar-refractivity contribution is 7.99. The quantitative estimate of drug-likeness (QED) is 0.820. The van der Waals surface area contributed by atoms with Gasteiger partial charge >= 0.3 is 0 Å². The van der Waals surface area contributed by atoms with E-state index < -0.39 is 0 Å². The van der Waals surface area contributed by atoms with Gasteiger partial charge in [0.2, 0.25) is 11.8 Å². The van der Waals surface area contributed by atoms with E-state index in [4.69, 9.17) is 0 Å². The Hall–Kier alpha value is -0.710. The topological polar surface area (TPSA) is 49.4 Å². The Kier molecular flexibility index (Phi) is 4.31. The van der Waals surface area contributed by atoms with Gasteiger partial charge in [0.25, 0.3) is 0 Å². The molecule has 0 aromatic carbocycles. The highest BCUT2D eigenvalue weighted by atomic mass is 32.2. The molecule has 96 valence electrons. The van der Waals surface area contributed by atoms with Crippen molar-refractivity contribution in [1.29, 1.82) is 0 Å². The van der Waals surface area contributed by atoms with E-state index in [9.17, 15) is 9.59 Å². The summed E-state index contributed by atoms with van der Waals surface area (Å²) in [7, 11) is 0. The summed E-state index contributed by atoms with van der Waals surface area (Å²) in [6.07, 6.45) is 4.41. The summed E-state index contributed by atoms with van der Waals surface area (Å²) in [6.45, 7) is 2.88. The number of hydrogen-bond acceptors (Lipinski definition) is 3. The first-order chi connectivity index (χ1) is 8.22. The van der Waals surface area contributed by atoms with Gasteiger partial charge in [0.1, 0.15) is 6.04 Å². The normalized spacial score (nSPS) is 30.3. The molecule has 0 radical (unpaired) electrons. The molecule has 2 saturated heterocycles. The minimum Gasteiger partial charge on any atom is -0.345 e. The van der Waals surface area contributed by atoms with E-state index >= 15 is 0 Å². The molecule has 2 aliphatic heterocycles. The van der Waals surface area contributed by atoms with Gasteiger partial charge in [-0.15, -0.1) is 0 Å². The molecule has 2 rings (SSSR count). The zero-order chi connectivity index (χ0) is 12.3. The maximum Gasteiger partial charge on any atom is 0.243 e. The Balaban J connectivity index is 1.99. The number of amides is 2. The van der Waals surface area contributed by atoms with Gasteiger partial charge in [-0.2, -0.15) is 11.8 Å². The van der Waals surface area contributed by atoms with Crippen LogP contribution in [0.3, 0.4) is 0 Å². The SMILES string of the molecule is CCC1C(=O)NCC(=O)N1CC1CCCCS1. The van der Waals surface area contributed by atoms with Crippen molar-refractivity contribution < 1.29 is 9.59 Å². The third kappa shape index (κ3) is 2.94. The second kappa shape index (κ2) is 5.76. The monoisotopic (exact) mass is 256 g/mol. The van der Waals surface area contributed by atoms with Gasteiger partial charge in [0.05, 0.1) is 6.54 Å². The highest BCUT2D eigenvalue weighted by Crippen LogP contribution is 2.27. The van der Waals surface area contributed by atoms with Crippen LogP contribution in [0.5, 0.6) is 0 Å². The van der Waals surface area contributed by atoms with Crippen LogP contribution in [0.1, 0.15) is 32.6 Å². The van der Waals surface area contributed by atoms with Crippen LogP contribution in [-0.4, -0.2) is 46.8 Å². The molecule has 1 N–H and O–H groups in total. The zero-order valence-electron chi connectivity index (χ0n) is 10.3. The summed E-state index contributed by atoms with van der Waals surface area (Å²) in [4.78, 5) is 25.4. The van der Waals surface area contributed by atoms with Crippen molar-refractivity contribution in [3.8, 4) is 0 Å². The van der Waals surface area contributed by atoms with E-state index in [2.05, 4.69) is 5.32 Å². The summed E-state index contributed by atoms with van der Waals surface area (Å²) >= 11 is 1.95. The first kappa shape index (κ1) is 12.7. The van der Waals surface area contributed by atoms with E-state index in [1.165, 1.54) is 25.0 Å². The minimum absolute atomic E-state index is 0.00732. The van der Waals surface area contributed by atoms with E-state index in [1.807, 2.05) is 18.7 Å². The van der Waals surface area contributed by atoms with E-state index in [-0.39, 0.29) is 24.4 Å². The van der Waals surface area contributed by atoms with Crippen molar-refractivity contribution in [3.05, 3.63) is 0 Å². The molecule has 0 bridgehead atoms. The van der Waals surface area contributed by atoms with E-state index in [1.54, 1.807) is 4.90 Å². The lowest BCUT2D eigenvalue weighted by Gasteiger charge is -2.37. The Bertz CT molecular complexity index is 303. The van der Waals surface area contributed by atoms with Crippen molar-refractivity contribution in [2.75, 3.05) is 18.8 Å². The fourth-order valence-corrected chi connectivity index (χ4v) is 3.81. The van der Waals surface area contributed by atoms with Gasteiger partial charge in [-0.05, 0) is 25.0 Å². The third-order valence-electron chi connectivity index (χ3n) is 3.47. The number of rotatable bonds is 3. The molecule has 2 aliphatic rings. The number of hydrogen-bond donors (Lipinski definition) is 1. The van der Waals surface area contributed by atoms with Gasteiger partial charge in [0, 0.05) is 11.8 Å². The predicted molar refractivity (Wildman–Crippen MR) is 68.9 cm³/mol. The molecule has 0 spiro atoms. The number of piperazine rings is 1. The largest absolute Gasteiger partial charge is 0.345 e.